The number of nitrogens with one attached hydrogen (secondary N) is 1. The predicted molar refractivity (Wildman–Crippen MR) is 60.9 cm³/mol. The highest BCUT2D eigenvalue weighted by molar-refractivity contribution is 5.78. The molecule has 0 amide bonds. The Morgan fingerprint density at radius 1 is 1.47 bits per heavy atom. The van der Waals surface area contributed by atoms with E-state index in [2.05, 4.69) is 19.2 Å². The zero-order chi connectivity index (χ0) is 11.3. The van der Waals surface area contributed by atoms with E-state index in [1.54, 1.807) is 0 Å². The van der Waals surface area contributed by atoms with Crippen LogP contribution in [0.5, 0.6) is 0 Å². The lowest BCUT2D eigenvalue weighted by Gasteiger charge is -2.29. The zero-order valence-corrected chi connectivity index (χ0v) is 9.88. The first-order chi connectivity index (χ1) is 7.10. The second kappa shape index (κ2) is 5.50. The van der Waals surface area contributed by atoms with Gasteiger partial charge >= 0.3 is 5.97 Å². The van der Waals surface area contributed by atoms with Crippen LogP contribution in [0.1, 0.15) is 52.4 Å². The van der Waals surface area contributed by atoms with E-state index in [4.69, 9.17) is 0 Å². The molecule has 1 rings (SSSR count). The maximum absolute atomic E-state index is 11.4. The molecule has 0 aliphatic heterocycles. The Hall–Kier alpha value is -0.570. The van der Waals surface area contributed by atoms with Gasteiger partial charge in [0.05, 0.1) is 0 Å². The molecule has 1 aliphatic rings. The van der Waals surface area contributed by atoms with Crippen molar-refractivity contribution in [2.24, 2.45) is 5.92 Å². The molecule has 2 atom stereocenters. The third kappa shape index (κ3) is 3.20. The van der Waals surface area contributed by atoms with Gasteiger partial charge in [-0.15, -0.1) is 0 Å². The molecule has 15 heavy (non-hydrogen) atoms. The first-order valence-electron chi connectivity index (χ1n) is 6.09. The second-order valence-corrected chi connectivity index (χ2v) is 4.85. The van der Waals surface area contributed by atoms with Crippen LogP contribution in [0.3, 0.4) is 0 Å². The summed E-state index contributed by atoms with van der Waals surface area (Å²) in [6, 6.07) is 0. The van der Waals surface area contributed by atoms with Gasteiger partial charge in [-0.2, -0.15) is 0 Å². The van der Waals surface area contributed by atoms with Crippen molar-refractivity contribution in [2.45, 2.75) is 57.9 Å². The van der Waals surface area contributed by atoms with E-state index in [9.17, 15) is 9.90 Å². The van der Waals surface area contributed by atoms with Gasteiger partial charge in [0.1, 0.15) is 5.54 Å². The van der Waals surface area contributed by atoms with Gasteiger partial charge in [-0.1, -0.05) is 26.7 Å². The summed E-state index contributed by atoms with van der Waals surface area (Å²) in [6.45, 7) is 5.10. The molecular formula is C12H23NO2. The van der Waals surface area contributed by atoms with Crippen LogP contribution in [0.25, 0.3) is 0 Å². The Morgan fingerprint density at radius 3 is 2.80 bits per heavy atom. The molecule has 0 spiro atoms. The number of aliphatic carboxylic acids is 1. The maximum atomic E-state index is 11.4. The molecule has 0 bridgehead atoms. The van der Waals surface area contributed by atoms with Crippen LogP contribution in [0.15, 0.2) is 0 Å². The van der Waals surface area contributed by atoms with E-state index in [-0.39, 0.29) is 0 Å². The minimum Gasteiger partial charge on any atom is -0.480 e. The summed E-state index contributed by atoms with van der Waals surface area (Å²) in [5.41, 5.74) is -0.638. The van der Waals surface area contributed by atoms with Crippen molar-refractivity contribution < 1.29 is 9.90 Å². The summed E-state index contributed by atoms with van der Waals surface area (Å²) < 4.78 is 0. The van der Waals surface area contributed by atoms with Crippen molar-refractivity contribution in [1.29, 1.82) is 0 Å². The van der Waals surface area contributed by atoms with E-state index in [0.717, 1.165) is 38.6 Å². The molecule has 0 radical (unpaired) electrons. The second-order valence-electron chi connectivity index (χ2n) is 4.85. The number of carboxylic acid groups (broad SMARTS) is 1. The largest absolute Gasteiger partial charge is 0.480 e. The quantitative estimate of drug-likeness (QED) is 0.705. The molecule has 0 saturated heterocycles. The highest BCUT2D eigenvalue weighted by Crippen LogP contribution is 2.30. The van der Waals surface area contributed by atoms with E-state index >= 15 is 0 Å². The Balaban J connectivity index is 2.66. The molecule has 0 aromatic heterocycles. The van der Waals surface area contributed by atoms with Crippen LogP contribution >= 0.6 is 0 Å². The van der Waals surface area contributed by atoms with Gasteiger partial charge in [-0.05, 0) is 38.1 Å². The van der Waals surface area contributed by atoms with Crippen LogP contribution in [0, 0.1) is 5.92 Å². The van der Waals surface area contributed by atoms with Gasteiger partial charge in [0.25, 0.3) is 0 Å². The van der Waals surface area contributed by atoms with E-state index < -0.39 is 11.5 Å². The average Bonchev–Trinajstić information content (AvgIpc) is 2.39. The van der Waals surface area contributed by atoms with Gasteiger partial charge < -0.3 is 10.4 Å². The van der Waals surface area contributed by atoms with Crippen molar-refractivity contribution in [3.05, 3.63) is 0 Å². The predicted octanol–water partition coefficient (Wildman–Crippen LogP) is 2.41. The van der Waals surface area contributed by atoms with Crippen molar-refractivity contribution in [2.75, 3.05) is 6.54 Å². The lowest BCUT2D eigenvalue weighted by molar-refractivity contribution is -0.145. The molecule has 3 heteroatoms. The summed E-state index contributed by atoms with van der Waals surface area (Å²) in [7, 11) is 0. The van der Waals surface area contributed by atoms with Crippen molar-refractivity contribution in [1.82, 2.24) is 5.32 Å². The Morgan fingerprint density at radius 2 is 2.20 bits per heavy atom. The Kier molecular flexibility index (Phi) is 4.58. The standard InChI is InChI=1S/C12H23NO2/c1-3-9-13-12(11(14)15)7-4-5-10(2)6-8-12/h10,13H,3-9H2,1-2H3,(H,14,15). The molecule has 88 valence electrons. The van der Waals surface area contributed by atoms with Crippen molar-refractivity contribution >= 4 is 5.97 Å². The van der Waals surface area contributed by atoms with Crippen molar-refractivity contribution in [3.8, 4) is 0 Å². The summed E-state index contributed by atoms with van der Waals surface area (Å²) in [5.74, 6) is 0.0136. The summed E-state index contributed by atoms with van der Waals surface area (Å²) in [5, 5.41) is 12.6. The Bertz CT molecular complexity index is 214. The summed E-state index contributed by atoms with van der Waals surface area (Å²) in [6.07, 6.45) is 5.79. The lowest BCUT2D eigenvalue weighted by atomic mass is 9.89. The first-order valence-corrected chi connectivity index (χ1v) is 6.09. The van der Waals surface area contributed by atoms with Gasteiger partial charge in [0.15, 0.2) is 0 Å². The monoisotopic (exact) mass is 213 g/mol. The minimum absolute atomic E-state index is 0.638. The molecule has 0 aromatic rings. The molecule has 0 heterocycles. The van der Waals surface area contributed by atoms with E-state index in [1.165, 1.54) is 6.42 Å². The third-order valence-electron chi connectivity index (χ3n) is 3.49. The fourth-order valence-corrected chi connectivity index (χ4v) is 2.34. The molecular weight excluding hydrogens is 190 g/mol. The van der Waals surface area contributed by atoms with Crippen LogP contribution in [-0.4, -0.2) is 23.2 Å². The highest BCUT2D eigenvalue weighted by Gasteiger charge is 2.38. The van der Waals surface area contributed by atoms with E-state index in [1.807, 2.05) is 0 Å². The van der Waals surface area contributed by atoms with Gasteiger partial charge in [-0.3, -0.25) is 4.79 Å². The van der Waals surface area contributed by atoms with Gasteiger partial charge in [0.2, 0.25) is 0 Å². The molecule has 3 nitrogen and oxygen atoms in total. The number of carboxylic acids is 1. The number of hydrogen-bond donors (Lipinski definition) is 2. The van der Waals surface area contributed by atoms with E-state index in [0.29, 0.717) is 5.92 Å². The number of rotatable bonds is 4. The average molecular weight is 213 g/mol. The third-order valence-corrected chi connectivity index (χ3v) is 3.49. The SMILES string of the molecule is CCCNC1(C(=O)O)CCCC(C)CC1. The molecule has 1 fully saturated rings. The van der Waals surface area contributed by atoms with Crippen LogP contribution in [0.2, 0.25) is 0 Å². The van der Waals surface area contributed by atoms with Gasteiger partial charge in [-0.25, -0.2) is 0 Å². The molecule has 0 aromatic carbocycles. The lowest BCUT2D eigenvalue weighted by Crippen LogP contribution is -2.52. The normalized spacial score (nSPS) is 32.3. The topological polar surface area (TPSA) is 49.3 Å². The fraction of sp³-hybridized carbons (Fsp3) is 0.917. The number of hydrogen-bond acceptors (Lipinski definition) is 2. The summed E-state index contributed by atoms with van der Waals surface area (Å²) >= 11 is 0. The fourth-order valence-electron chi connectivity index (χ4n) is 2.34. The molecule has 2 N–H and O–H groups in total. The molecule has 1 aliphatic carbocycles. The van der Waals surface area contributed by atoms with Crippen molar-refractivity contribution in [3.63, 3.8) is 0 Å². The highest BCUT2D eigenvalue weighted by atomic mass is 16.4. The molecule has 2 unspecified atom stereocenters. The zero-order valence-electron chi connectivity index (χ0n) is 9.88. The van der Waals surface area contributed by atoms with Crippen LogP contribution in [0.4, 0.5) is 0 Å². The summed E-state index contributed by atoms with van der Waals surface area (Å²) in [4.78, 5) is 11.4. The molecule has 1 saturated carbocycles. The first kappa shape index (κ1) is 12.5. The smallest absolute Gasteiger partial charge is 0.323 e. The maximum Gasteiger partial charge on any atom is 0.323 e. The number of carbonyl (C=O) groups is 1. The minimum atomic E-state index is -0.662. The van der Waals surface area contributed by atoms with Crippen LogP contribution < -0.4 is 5.32 Å². The Labute approximate surface area is 92.3 Å². The van der Waals surface area contributed by atoms with Crippen LogP contribution in [-0.2, 0) is 4.79 Å². The van der Waals surface area contributed by atoms with Gasteiger partial charge in [0, 0.05) is 0 Å².